The number of alkyl halides is 3. The van der Waals surface area contributed by atoms with Crippen LogP contribution in [0.4, 0.5) is 24.5 Å². The molecule has 0 aromatic heterocycles. The Balaban J connectivity index is 1.91. The van der Waals surface area contributed by atoms with E-state index in [9.17, 15) is 26.4 Å². The molecule has 0 aliphatic rings. The number of carbonyl (C=O) groups excluding carboxylic acids is 1. The SMILES string of the molecule is O=C(CCNS(=O)(=O)c1cccc(Br)c1)Nc1ccccc1NCC(F)(F)F. The van der Waals surface area contributed by atoms with E-state index >= 15 is 0 Å². The van der Waals surface area contributed by atoms with Crippen LogP contribution in [0.3, 0.4) is 0 Å². The van der Waals surface area contributed by atoms with Gasteiger partial charge in [0.15, 0.2) is 0 Å². The summed E-state index contributed by atoms with van der Waals surface area (Å²) in [7, 11) is -3.78. The third kappa shape index (κ3) is 7.13. The first-order chi connectivity index (χ1) is 13.1. The molecule has 1 amide bonds. The van der Waals surface area contributed by atoms with E-state index in [4.69, 9.17) is 0 Å². The van der Waals surface area contributed by atoms with Gasteiger partial charge in [-0.1, -0.05) is 34.1 Å². The van der Waals surface area contributed by atoms with Crippen LogP contribution < -0.4 is 15.4 Å². The van der Waals surface area contributed by atoms with Gasteiger partial charge in [0.1, 0.15) is 6.54 Å². The van der Waals surface area contributed by atoms with E-state index in [2.05, 4.69) is 31.3 Å². The maximum absolute atomic E-state index is 12.4. The summed E-state index contributed by atoms with van der Waals surface area (Å²) in [6.07, 6.45) is -4.59. The standard InChI is InChI=1S/C17H17BrF3N3O3S/c18-12-4-3-5-13(10-12)28(26,27)23-9-8-16(25)24-15-7-2-1-6-14(15)22-11-17(19,20)21/h1-7,10,22-23H,8-9,11H2,(H,24,25). The van der Waals surface area contributed by atoms with Gasteiger partial charge in [-0.2, -0.15) is 13.2 Å². The van der Waals surface area contributed by atoms with E-state index in [1.165, 1.54) is 30.3 Å². The Morgan fingerprint density at radius 2 is 1.71 bits per heavy atom. The van der Waals surface area contributed by atoms with Gasteiger partial charge in [0.05, 0.1) is 16.3 Å². The lowest BCUT2D eigenvalue weighted by atomic mass is 10.2. The van der Waals surface area contributed by atoms with Crippen molar-refractivity contribution in [2.24, 2.45) is 0 Å². The third-order valence-corrected chi connectivity index (χ3v) is 5.38. The number of hydrogen-bond acceptors (Lipinski definition) is 4. The molecule has 6 nitrogen and oxygen atoms in total. The minimum atomic E-state index is -4.40. The predicted octanol–water partition coefficient (Wildman–Crippen LogP) is 3.73. The van der Waals surface area contributed by atoms with E-state index in [1.807, 2.05) is 0 Å². The van der Waals surface area contributed by atoms with Crippen LogP contribution in [-0.2, 0) is 14.8 Å². The number of anilines is 2. The fraction of sp³-hybridized carbons (Fsp3) is 0.235. The molecule has 0 heterocycles. The zero-order valence-electron chi connectivity index (χ0n) is 14.4. The molecule has 2 rings (SSSR count). The Bertz CT molecular complexity index is 936. The molecular weight excluding hydrogens is 463 g/mol. The largest absolute Gasteiger partial charge is 0.405 e. The topological polar surface area (TPSA) is 87.3 Å². The summed E-state index contributed by atoms with van der Waals surface area (Å²) in [5.41, 5.74) is 0.287. The van der Waals surface area contributed by atoms with E-state index in [0.717, 1.165) is 0 Å². The van der Waals surface area contributed by atoms with Gasteiger partial charge >= 0.3 is 6.18 Å². The number of para-hydroxylation sites is 2. The zero-order valence-corrected chi connectivity index (χ0v) is 16.8. The Morgan fingerprint density at radius 1 is 1.04 bits per heavy atom. The van der Waals surface area contributed by atoms with Gasteiger partial charge in [-0.25, -0.2) is 13.1 Å². The first kappa shape index (κ1) is 22.2. The minimum Gasteiger partial charge on any atom is -0.375 e. The second-order valence-electron chi connectivity index (χ2n) is 5.67. The van der Waals surface area contributed by atoms with Crippen LogP contribution >= 0.6 is 15.9 Å². The van der Waals surface area contributed by atoms with Crippen molar-refractivity contribution in [2.75, 3.05) is 23.7 Å². The number of amides is 1. The maximum Gasteiger partial charge on any atom is 0.405 e. The number of halogens is 4. The molecule has 0 atom stereocenters. The Morgan fingerprint density at radius 3 is 2.36 bits per heavy atom. The van der Waals surface area contributed by atoms with Crippen molar-refractivity contribution < 1.29 is 26.4 Å². The van der Waals surface area contributed by atoms with Gasteiger partial charge in [-0.3, -0.25) is 4.79 Å². The fourth-order valence-corrected chi connectivity index (χ4v) is 3.80. The van der Waals surface area contributed by atoms with Crippen molar-refractivity contribution in [1.29, 1.82) is 0 Å². The summed E-state index contributed by atoms with van der Waals surface area (Å²) in [4.78, 5) is 12.1. The number of sulfonamides is 1. The third-order valence-electron chi connectivity index (χ3n) is 3.43. The van der Waals surface area contributed by atoms with Crippen molar-refractivity contribution in [1.82, 2.24) is 4.72 Å². The van der Waals surface area contributed by atoms with Gasteiger partial charge in [0.25, 0.3) is 0 Å². The van der Waals surface area contributed by atoms with Gasteiger partial charge in [0, 0.05) is 17.4 Å². The van der Waals surface area contributed by atoms with Gasteiger partial charge < -0.3 is 10.6 Å². The molecular formula is C17H17BrF3N3O3S. The summed E-state index contributed by atoms with van der Waals surface area (Å²) >= 11 is 3.18. The first-order valence-corrected chi connectivity index (χ1v) is 10.3. The lowest BCUT2D eigenvalue weighted by Gasteiger charge is -2.14. The molecule has 3 N–H and O–H groups in total. The molecule has 0 aliphatic heterocycles. The molecule has 0 aliphatic carbocycles. The summed E-state index contributed by atoms with van der Waals surface area (Å²) < 4.78 is 64.3. The molecule has 0 radical (unpaired) electrons. The van der Waals surface area contributed by atoms with Crippen LogP contribution in [0.1, 0.15) is 6.42 Å². The van der Waals surface area contributed by atoms with E-state index < -0.39 is 28.7 Å². The second-order valence-corrected chi connectivity index (χ2v) is 8.35. The summed E-state index contributed by atoms with van der Waals surface area (Å²) in [6.45, 7) is -1.41. The van der Waals surface area contributed by atoms with Crippen molar-refractivity contribution in [3.8, 4) is 0 Å². The smallest absolute Gasteiger partial charge is 0.375 e. The molecule has 152 valence electrons. The summed E-state index contributed by atoms with van der Waals surface area (Å²) in [5.74, 6) is -0.543. The highest BCUT2D eigenvalue weighted by molar-refractivity contribution is 9.10. The highest BCUT2D eigenvalue weighted by Gasteiger charge is 2.27. The molecule has 0 fully saturated rings. The molecule has 2 aromatic carbocycles. The van der Waals surface area contributed by atoms with Crippen LogP contribution in [0, 0.1) is 0 Å². The van der Waals surface area contributed by atoms with Crippen LogP contribution in [0.2, 0.25) is 0 Å². The molecule has 0 saturated carbocycles. The molecule has 0 saturated heterocycles. The molecule has 28 heavy (non-hydrogen) atoms. The zero-order chi connectivity index (χ0) is 20.8. The average molecular weight is 480 g/mol. The highest BCUT2D eigenvalue weighted by Crippen LogP contribution is 2.23. The quantitative estimate of drug-likeness (QED) is 0.538. The van der Waals surface area contributed by atoms with Crippen LogP contribution in [-0.4, -0.2) is 33.6 Å². The fourth-order valence-electron chi connectivity index (χ4n) is 2.17. The molecule has 0 bridgehead atoms. The van der Waals surface area contributed by atoms with Crippen molar-refractivity contribution in [2.45, 2.75) is 17.5 Å². The van der Waals surface area contributed by atoms with E-state index in [1.54, 1.807) is 18.2 Å². The van der Waals surface area contributed by atoms with Gasteiger partial charge in [-0.05, 0) is 30.3 Å². The normalized spacial score (nSPS) is 11.9. The summed E-state index contributed by atoms with van der Waals surface area (Å²) in [6, 6.07) is 12.0. The number of hydrogen-bond donors (Lipinski definition) is 3. The predicted molar refractivity (Wildman–Crippen MR) is 104 cm³/mol. The molecule has 11 heteroatoms. The van der Waals surface area contributed by atoms with E-state index in [-0.39, 0.29) is 29.2 Å². The second kappa shape index (κ2) is 9.39. The average Bonchev–Trinajstić information content (AvgIpc) is 2.60. The lowest BCUT2D eigenvalue weighted by molar-refractivity contribution is -0.116. The lowest BCUT2D eigenvalue weighted by Crippen LogP contribution is -2.28. The number of rotatable bonds is 8. The monoisotopic (exact) mass is 479 g/mol. The molecule has 2 aromatic rings. The Hall–Kier alpha value is -2.11. The highest BCUT2D eigenvalue weighted by atomic mass is 79.9. The number of nitrogens with one attached hydrogen (secondary N) is 3. The number of benzene rings is 2. The Kier molecular flexibility index (Phi) is 7.44. The number of carbonyl (C=O) groups is 1. The van der Waals surface area contributed by atoms with Crippen LogP contribution in [0.25, 0.3) is 0 Å². The maximum atomic E-state index is 12.4. The van der Waals surface area contributed by atoms with Gasteiger partial charge in [0.2, 0.25) is 15.9 Å². The van der Waals surface area contributed by atoms with Crippen LogP contribution in [0.5, 0.6) is 0 Å². The minimum absolute atomic E-state index is 0.0454. The molecule has 0 spiro atoms. The van der Waals surface area contributed by atoms with Gasteiger partial charge in [-0.15, -0.1) is 0 Å². The summed E-state index contributed by atoms with van der Waals surface area (Å²) in [5, 5.41) is 4.68. The van der Waals surface area contributed by atoms with E-state index in [0.29, 0.717) is 4.47 Å². The molecule has 0 unspecified atom stereocenters. The first-order valence-electron chi connectivity index (χ1n) is 8.01. The van der Waals surface area contributed by atoms with Crippen LogP contribution in [0.15, 0.2) is 57.9 Å². The van der Waals surface area contributed by atoms with Crippen molar-refractivity contribution in [3.05, 3.63) is 53.0 Å². The van der Waals surface area contributed by atoms with Crippen molar-refractivity contribution >= 4 is 43.2 Å². The Labute approximate surface area is 168 Å². The van der Waals surface area contributed by atoms with Crippen molar-refractivity contribution in [3.63, 3.8) is 0 Å².